The van der Waals surface area contributed by atoms with Gasteiger partial charge in [0.25, 0.3) is 5.91 Å². The van der Waals surface area contributed by atoms with Crippen molar-refractivity contribution in [2.75, 3.05) is 6.54 Å². The lowest BCUT2D eigenvalue weighted by Gasteiger charge is -2.14. The summed E-state index contributed by atoms with van der Waals surface area (Å²) in [5, 5.41) is 6.10. The number of hydrogen-bond donors (Lipinski definition) is 1. The fourth-order valence-electron chi connectivity index (χ4n) is 2.94. The molecule has 0 unspecified atom stereocenters. The molecule has 0 fully saturated rings. The van der Waals surface area contributed by atoms with E-state index in [-0.39, 0.29) is 24.2 Å². The summed E-state index contributed by atoms with van der Waals surface area (Å²) in [4.78, 5) is 12.4. The second kappa shape index (κ2) is 8.02. The van der Waals surface area contributed by atoms with Crippen molar-refractivity contribution in [2.24, 2.45) is 0 Å². The molecular formula is C20H16F5N3O. The van der Waals surface area contributed by atoms with Gasteiger partial charge in [0.15, 0.2) is 5.69 Å². The molecule has 1 heterocycles. The van der Waals surface area contributed by atoms with Gasteiger partial charge in [-0.2, -0.15) is 18.3 Å². The zero-order chi connectivity index (χ0) is 21.2. The number of benzene rings is 2. The fourth-order valence-corrected chi connectivity index (χ4v) is 2.94. The standard InChI is InChI=1S/C20H16F5N3O/c1-12-4-2-3-5-17(12)28-18(20(23,24)25)16(11-27-28)19(29)26-7-6-13-8-14(21)10-15(22)9-13/h2-5,8-11H,6-7H2,1H3,(H,26,29). The average Bonchev–Trinajstić information content (AvgIpc) is 3.06. The van der Waals surface area contributed by atoms with E-state index < -0.39 is 35.0 Å². The fraction of sp³-hybridized carbons (Fsp3) is 0.200. The van der Waals surface area contributed by atoms with Gasteiger partial charge in [-0.1, -0.05) is 18.2 Å². The molecule has 1 N–H and O–H groups in total. The van der Waals surface area contributed by atoms with Crippen molar-refractivity contribution in [1.29, 1.82) is 0 Å². The normalized spacial score (nSPS) is 11.5. The average molecular weight is 409 g/mol. The van der Waals surface area contributed by atoms with Gasteiger partial charge in [-0.15, -0.1) is 0 Å². The molecule has 1 amide bonds. The van der Waals surface area contributed by atoms with Crippen LogP contribution in [0.3, 0.4) is 0 Å². The molecular weight excluding hydrogens is 393 g/mol. The Morgan fingerprint density at radius 2 is 1.76 bits per heavy atom. The third-order valence-electron chi connectivity index (χ3n) is 4.25. The summed E-state index contributed by atoms with van der Waals surface area (Å²) in [7, 11) is 0. The number of nitrogens with one attached hydrogen (secondary N) is 1. The third kappa shape index (κ3) is 4.61. The van der Waals surface area contributed by atoms with Crippen molar-refractivity contribution < 1.29 is 26.7 Å². The molecule has 0 saturated carbocycles. The van der Waals surface area contributed by atoms with Gasteiger partial charge >= 0.3 is 6.18 Å². The van der Waals surface area contributed by atoms with Gasteiger partial charge in [-0.25, -0.2) is 13.5 Å². The first-order chi connectivity index (χ1) is 13.7. The number of amides is 1. The second-order valence-corrected chi connectivity index (χ2v) is 6.39. The quantitative estimate of drug-likeness (QED) is 0.633. The topological polar surface area (TPSA) is 46.9 Å². The highest BCUT2D eigenvalue weighted by Crippen LogP contribution is 2.34. The number of aromatic nitrogens is 2. The van der Waals surface area contributed by atoms with Crippen LogP contribution in [0.4, 0.5) is 22.0 Å². The Labute approximate surface area is 163 Å². The SMILES string of the molecule is Cc1ccccc1-n1ncc(C(=O)NCCc2cc(F)cc(F)c2)c1C(F)(F)F. The Hall–Kier alpha value is -3.23. The van der Waals surface area contributed by atoms with Crippen LogP contribution in [0.5, 0.6) is 0 Å². The van der Waals surface area contributed by atoms with E-state index in [1.54, 1.807) is 25.1 Å². The van der Waals surface area contributed by atoms with E-state index in [0.29, 0.717) is 16.3 Å². The molecule has 0 bridgehead atoms. The van der Waals surface area contributed by atoms with Gasteiger partial charge in [0.2, 0.25) is 0 Å². The number of carbonyl (C=O) groups is 1. The Bertz CT molecular complexity index is 1020. The van der Waals surface area contributed by atoms with Crippen molar-refractivity contribution in [3.05, 3.63) is 82.7 Å². The van der Waals surface area contributed by atoms with Crippen LogP contribution in [0.2, 0.25) is 0 Å². The van der Waals surface area contributed by atoms with E-state index in [1.807, 2.05) is 0 Å². The minimum absolute atomic E-state index is 0.0493. The summed E-state index contributed by atoms with van der Waals surface area (Å²) >= 11 is 0. The number of alkyl halides is 3. The number of aryl methyl sites for hydroxylation is 1. The molecule has 3 aromatic rings. The molecule has 2 aromatic carbocycles. The summed E-state index contributed by atoms with van der Waals surface area (Å²) in [5.41, 5.74) is -0.794. The first kappa shape index (κ1) is 20.5. The lowest BCUT2D eigenvalue weighted by molar-refractivity contribution is -0.143. The minimum Gasteiger partial charge on any atom is -0.352 e. The number of para-hydroxylation sites is 1. The molecule has 4 nitrogen and oxygen atoms in total. The number of nitrogens with zero attached hydrogens (tertiary/aromatic N) is 2. The summed E-state index contributed by atoms with van der Waals surface area (Å²) in [6.45, 7) is 1.53. The Balaban J connectivity index is 1.83. The molecule has 0 aliphatic carbocycles. The zero-order valence-electron chi connectivity index (χ0n) is 15.2. The molecule has 3 rings (SSSR count). The maximum atomic E-state index is 13.7. The summed E-state index contributed by atoms with van der Waals surface area (Å²) in [6, 6.07) is 9.24. The minimum atomic E-state index is -4.82. The van der Waals surface area contributed by atoms with Gasteiger partial charge < -0.3 is 5.32 Å². The highest BCUT2D eigenvalue weighted by molar-refractivity contribution is 5.95. The molecule has 0 saturated heterocycles. The smallest absolute Gasteiger partial charge is 0.352 e. The van der Waals surface area contributed by atoms with Crippen molar-refractivity contribution in [3.8, 4) is 5.69 Å². The van der Waals surface area contributed by atoms with E-state index in [0.717, 1.165) is 18.3 Å². The number of rotatable bonds is 5. The van der Waals surface area contributed by atoms with Crippen LogP contribution in [-0.4, -0.2) is 22.2 Å². The van der Waals surface area contributed by atoms with Gasteiger partial charge in [0.1, 0.15) is 11.6 Å². The first-order valence-corrected chi connectivity index (χ1v) is 8.61. The molecule has 29 heavy (non-hydrogen) atoms. The largest absolute Gasteiger partial charge is 0.434 e. The highest BCUT2D eigenvalue weighted by Gasteiger charge is 2.40. The number of halogens is 5. The van der Waals surface area contributed by atoms with E-state index in [9.17, 15) is 26.7 Å². The van der Waals surface area contributed by atoms with Crippen LogP contribution in [0, 0.1) is 18.6 Å². The molecule has 9 heteroatoms. The van der Waals surface area contributed by atoms with Gasteiger partial charge in [-0.05, 0) is 42.7 Å². The Morgan fingerprint density at radius 3 is 2.38 bits per heavy atom. The summed E-state index contributed by atoms with van der Waals surface area (Å²) < 4.78 is 68.1. The Morgan fingerprint density at radius 1 is 1.10 bits per heavy atom. The molecule has 0 radical (unpaired) electrons. The predicted octanol–water partition coefficient (Wildman–Crippen LogP) is 4.45. The molecule has 0 aliphatic heterocycles. The lowest BCUT2D eigenvalue weighted by Crippen LogP contribution is -2.28. The maximum Gasteiger partial charge on any atom is 0.434 e. The zero-order valence-corrected chi connectivity index (χ0v) is 15.2. The third-order valence-corrected chi connectivity index (χ3v) is 4.25. The van der Waals surface area contributed by atoms with Crippen LogP contribution >= 0.6 is 0 Å². The molecule has 152 valence electrons. The molecule has 0 spiro atoms. The monoisotopic (exact) mass is 409 g/mol. The highest BCUT2D eigenvalue weighted by atomic mass is 19.4. The van der Waals surface area contributed by atoms with Gasteiger partial charge in [0.05, 0.1) is 17.4 Å². The van der Waals surface area contributed by atoms with Crippen LogP contribution in [-0.2, 0) is 12.6 Å². The molecule has 1 aromatic heterocycles. The first-order valence-electron chi connectivity index (χ1n) is 8.61. The van der Waals surface area contributed by atoms with Gasteiger partial charge in [-0.3, -0.25) is 4.79 Å². The van der Waals surface area contributed by atoms with Crippen LogP contribution in [0.15, 0.2) is 48.7 Å². The van der Waals surface area contributed by atoms with Crippen LogP contribution < -0.4 is 5.32 Å². The Kier molecular flexibility index (Phi) is 5.67. The van der Waals surface area contributed by atoms with Crippen LogP contribution in [0.25, 0.3) is 5.69 Å². The predicted molar refractivity (Wildman–Crippen MR) is 95.7 cm³/mol. The molecule has 0 atom stereocenters. The lowest BCUT2D eigenvalue weighted by atomic mass is 10.1. The number of carbonyl (C=O) groups excluding carboxylic acids is 1. The number of hydrogen-bond acceptors (Lipinski definition) is 2. The van der Waals surface area contributed by atoms with Gasteiger partial charge in [0, 0.05) is 12.6 Å². The van der Waals surface area contributed by atoms with E-state index >= 15 is 0 Å². The van der Waals surface area contributed by atoms with Crippen molar-refractivity contribution in [2.45, 2.75) is 19.5 Å². The second-order valence-electron chi connectivity index (χ2n) is 6.39. The summed E-state index contributed by atoms with van der Waals surface area (Å²) in [6.07, 6.45) is -3.92. The van der Waals surface area contributed by atoms with E-state index in [4.69, 9.17) is 0 Å². The van der Waals surface area contributed by atoms with E-state index in [2.05, 4.69) is 10.4 Å². The van der Waals surface area contributed by atoms with Crippen molar-refractivity contribution in [1.82, 2.24) is 15.1 Å². The summed E-state index contributed by atoms with van der Waals surface area (Å²) in [5.74, 6) is -2.52. The van der Waals surface area contributed by atoms with E-state index in [1.165, 1.54) is 6.07 Å². The van der Waals surface area contributed by atoms with Crippen molar-refractivity contribution >= 4 is 5.91 Å². The van der Waals surface area contributed by atoms with Crippen LogP contribution in [0.1, 0.15) is 27.2 Å². The van der Waals surface area contributed by atoms with Crippen molar-refractivity contribution in [3.63, 3.8) is 0 Å². The molecule has 0 aliphatic rings. The maximum absolute atomic E-state index is 13.7.